The van der Waals surface area contributed by atoms with Crippen LogP contribution in [-0.4, -0.2) is 19.6 Å². The van der Waals surface area contributed by atoms with Crippen LogP contribution in [0.3, 0.4) is 0 Å². The van der Waals surface area contributed by atoms with Gasteiger partial charge in [0.15, 0.2) is 5.82 Å². The van der Waals surface area contributed by atoms with Gasteiger partial charge in [0, 0.05) is 11.6 Å². The van der Waals surface area contributed by atoms with Gasteiger partial charge in [-0.3, -0.25) is 4.57 Å². The van der Waals surface area contributed by atoms with Crippen molar-refractivity contribution < 1.29 is 5.11 Å². The highest BCUT2D eigenvalue weighted by atomic mass is 127. The van der Waals surface area contributed by atoms with Gasteiger partial charge in [-0.15, -0.1) is 0 Å². The fourth-order valence-corrected chi connectivity index (χ4v) is 2.56. The van der Waals surface area contributed by atoms with Gasteiger partial charge in [0.25, 0.3) is 0 Å². The fraction of sp³-hybridized carbons (Fsp3) is 0.0769. The van der Waals surface area contributed by atoms with E-state index in [9.17, 15) is 0 Å². The smallest absolute Gasteiger partial charge is 0.152 e. The molecule has 0 spiro atoms. The average Bonchev–Trinajstić information content (AvgIpc) is 2.86. The first-order valence-electron chi connectivity index (χ1n) is 5.47. The van der Waals surface area contributed by atoms with Crippen molar-refractivity contribution in [3.8, 4) is 5.82 Å². The predicted molar refractivity (Wildman–Crippen MR) is 77.5 cm³/mol. The Morgan fingerprint density at radius 3 is 2.89 bits per heavy atom. The molecule has 4 nitrogen and oxygen atoms in total. The summed E-state index contributed by atoms with van der Waals surface area (Å²) in [5, 5.41) is 10.2. The highest BCUT2D eigenvalue weighted by molar-refractivity contribution is 14.1. The minimum absolute atomic E-state index is 0.0584. The highest BCUT2D eigenvalue weighted by Gasteiger charge is 2.07. The van der Waals surface area contributed by atoms with Crippen molar-refractivity contribution in [2.24, 2.45) is 0 Å². The Bertz CT molecular complexity index is 708. The van der Waals surface area contributed by atoms with E-state index in [1.807, 2.05) is 28.8 Å². The lowest BCUT2D eigenvalue weighted by atomic mass is 10.2. The number of rotatable bonds is 2. The molecule has 0 aliphatic carbocycles. The zero-order chi connectivity index (χ0) is 12.5. The van der Waals surface area contributed by atoms with Gasteiger partial charge < -0.3 is 5.11 Å². The molecule has 0 aliphatic heterocycles. The Balaban J connectivity index is 2.19. The summed E-state index contributed by atoms with van der Waals surface area (Å²) in [6, 6.07) is 10.1. The summed E-state index contributed by atoms with van der Waals surface area (Å²) in [7, 11) is 0. The molecule has 0 aliphatic rings. The summed E-state index contributed by atoms with van der Waals surface area (Å²) in [5.74, 6) is 0.835. The molecule has 0 amide bonds. The van der Waals surface area contributed by atoms with Crippen molar-refractivity contribution in [2.45, 2.75) is 6.61 Å². The average molecular weight is 351 g/mol. The van der Waals surface area contributed by atoms with E-state index in [4.69, 9.17) is 5.11 Å². The minimum atomic E-state index is -0.0584. The van der Waals surface area contributed by atoms with Gasteiger partial charge in [0.1, 0.15) is 6.33 Å². The number of imidazole rings is 1. The molecule has 0 radical (unpaired) electrons. The lowest BCUT2D eigenvalue weighted by Crippen LogP contribution is -1.98. The number of hydrogen-bond acceptors (Lipinski definition) is 3. The van der Waals surface area contributed by atoms with Crippen LogP contribution in [0.4, 0.5) is 0 Å². The molecule has 2 heterocycles. The Kier molecular flexibility index (Phi) is 3.00. The molecule has 0 bridgehead atoms. The number of aliphatic hydroxyl groups excluding tert-OH is 1. The zero-order valence-corrected chi connectivity index (χ0v) is 11.6. The van der Waals surface area contributed by atoms with Gasteiger partial charge in [-0.2, -0.15) is 0 Å². The molecule has 0 unspecified atom stereocenters. The van der Waals surface area contributed by atoms with E-state index >= 15 is 0 Å². The van der Waals surface area contributed by atoms with Gasteiger partial charge in [-0.1, -0.05) is 18.2 Å². The van der Waals surface area contributed by atoms with Crippen LogP contribution in [0.15, 0.2) is 42.9 Å². The molecular formula is C13H10IN3O. The van der Waals surface area contributed by atoms with Crippen molar-refractivity contribution in [1.29, 1.82) is 0 Å². The van der Waals surface area contributed by atoms with Crippen LogP contribution in [-0.2, 0) is 6.61 Å². The number of aliphatic hydroxyl groups is 1. The summed E-state index contributed by atoms with van der Waals surface area (Å²) in [6.45, 7) is -0.0584. The van der Waals surface area contributed by atoms with Gasteiger partial charge >= 0.3 is 0 Å². The Hall–Kier alpha value is -1.47. The fourth-order valence-electron chi connectivity index (χ4n) is 1.82. The van der Waals surface area contributed by atoms with Crippen molar-refractivity contribution >= 4 is 33.5 Å². The van der Waals surface area contributed by atoms with Crippen molar-refractivity contribution in [3.63, 3.8) is 0 Å². The maximum Gasteiger partial charge on any atom is 0.152 e. The van der Waals surface area contributed by atoms with Crippen LogP contribution in [0.1, 0.15) is 5.69 Å². The molecule has 1 aromatic carbocycles. The van der Waals surface area contributed by atoms with Crippen LogP contribution >= 0.6 is 22.6 Å². The molecule has 0 atom stereocenters. The maximum atomic E-state index is 9.04. The lowest BCUT2D eigenvalue weighted by Gasteiger charge is -2.06. The van der Waals surface area contributed by atoms with Gasteiger partial charge in [-0.05, 0) is 34.7 Å². The quantitative estimate of drug-likeness (QED) is 0.722. The number of fused-ring (bicyclic) bond motifs is 1. The summed E-state index contributed by atoms with van der Waals surface area (Å²) in [6.07, 6.45) is 3.46. The number of aromatic nitrogens is 3. The number of benzene rings is 1. The third-order valence-corrected chi connectivity index (χ3v) is 3.50. The molecule has 0 saturated heterocycles. The molecule has 1 N–H and O–H groups in total. The van der Waals surface area contributed by atoms with E-state index in [-0.39, 0.29) is 6.61 Å². The first-order valence-corrected chi connectivity index (χ1v) is 6.55. The number of nitrogens with zero attached hydrogens (tertiary/aromatic N) is 3. The van der Waals surface area contributed by atoms with E-state index in [1.54, 1.807) is 12.5 Å². The highest BCUT2D eigenvalue weighted by Crippen LogP contribution is 2.21. The monoisotopic (exact) mass is 351 g/mol. The van der Waals surface area contributed by atoms with E-state index < -0.39 is 0 Å². The van der Waals surface area contributed by atoms with Crippen LogP contribution in [0.2, 0.25) is 0 Å². The molecular weight excluding hydrogens is 341 g/mol. The van der Waals surface area contributed by atoms with Gasteiger partial charge in [0.05, 0.1) is 21.4 Å². The normalized spacial score (nSPS) is 11.0. The summed E-state index contributed by atoms with van der Waals surface area (Å²) < 4.78 is 2.88. The van der Waals surface area contributed by atoms with Crippen LogP contribution in [0.5, 0.6) is 0 Å². The SMILES string of the molecule is OCc1cn(-c2nc3ccccc3cc2I)cn1. The molecule has 18 heavy (non-hydrogen) atoms. The molecule has 3 rings (SSSR count). The van der Waals surface area contributed by atoms with Gasteiger partial charge in [0.2, 0.25) is 0 Å². The lowest BCUT2D eigenvalue weighted by molar-refractivity contribution is 0.277. The molecule has 90 valence electrons. The second-order valence-electron chi connectivity index (χ2n) is 3.92. The summed E-state index contributed by atoms with van der Waals surface area (Å²) >= 11 is 2.26. The van der Waals surface area contributed by atoms with E-state index in [2.05, 4.69) is 38.6 Å². The van der Waals surface area contributed by atoms with Gasteiger partial charge in [-0.25, -0.2) is 9.97 Å². The molecule has 2 aromatic heterocycles. The Morgan fingerprint density at radius 1 is 1.28 bits per heavy atom. The van der Waals surface area contributed by atoms with Crippen LogP contribution < -0.4 is 0 Å². The molecule has 5 heteroatoms. The van der Waals surface area contributed by atoms with E-state index in [0.717, 1.165) is 20.3 Å². The zero-order valence-electron chi connectivity index (χ0n) is 9.42. The first-order chi connectivity index (χ1) is 8.78. The second-order valence-corrected chi connectivity index (χ2v) is 5.08. The van der Waals surface area contributed by atoms with Crippen molar-refractivity contribution in [1.82, 2.24) is 14.5 Å². The second kappa shape index (κ2) is 4.66. The first kappa shape index (κ1) is 11.6. The number of para-hydroxylation sites is 1. The molecule has 0 saturated carbocycles. The van der Waals surface area contributed by atoms with E-state index in [1.165, 1.54) is 0 Å². The van der Waals surface area contributed by atoms with Crippen LogP contribution in [0, 0.1) is 3.57 Å². The Labute approximate surface area is 117 Å². The Morgan fingerprint density at radius 2 is 2.11 bits per heavy atom. The largest absolute Gasteiger partial charge is 0.390 e. The summed E-state index contributed by atoms with van der Waals surface area (Å²) in [4.78, 5) is 8.73. The summed E-state index contributed by atoms with van der Waals surface area (Å²) in [5.41, 5.74) is 1.59. The van der Waals surface area contributed by atoms with Crippen molar-refractivity contribution in [2.75, 3.05) is 0 Å². The number of hydrogen-bond donors (Lipinski definition) is 1. The van der Waals surface area contributed by atoms with E-state index in [0.29, 0.717) is 5.69 Å². The standard InChI is InChI=1S/C13H10IN3O/c14-11-5-9-3-1-2-4-12(9)16-13(11)17-6-10(7-18)15-8-17/h1-6,8,18H,7H2. The third-order valence-electron chi connectivity index (χ3n) is 2.70. The number of pyridine rings is 1. The van der Waals surface area contributed by atoms with Crippen molar-refractivity contribution in [3.05, 3.63) is 52.1 Å². The maximum absolute atomic E-state index is 9.04. The number of halogens is 1. The minimum Gasteiger partial charge on any atom is -0.390 e. The predicted octanol–water partition coefficient (Wildman–Crippen LogP) is 2.52. The molecule has 0 fully saturated rings. The topological polar surface area (TPSA) is 50.9 Å². The molecule has 3 aromatic rings. The third kappa shape index (κ3) is 1.99. The van der Waals surface area contributed by atoms with Crippen LogP contribution in [0.25, 0.3) is 16.7 Å².